The topological polar surface area (TPSA) is 48.5 Å². The predicted octanol–water partition coefficient (Wildman–Crippen LogP) is 6.33. The molecule has 5 nitrogen and oxygen atoms in total. The lowest BCUT2D eigenvalue weighted by Gasteiger charge is -2.32. The molecule has 2 aliphatic heterocycles. The maximum absolute atomic E-state index is 12.9. The first-order valence-electron chi connectivity index (χ1n) is 12.9. The first-order chi connectivity index (χ1) is 16.6. The van der Waals surface area contributed by atoms with Crippen LogP contribution in [0.15, 0.2) is 54.7 Å². The maximum Gasteiger partial charge on any atom is 0.321 e. The van der Waals surface area contributed by atoms with Gasteiger partial charge in [-0.15, -0.1) is 0 Å². The second-order valence-electron chi connectivity index (χ2n) is 10.0. The van der Waals surface area contributed by atoms with Crippen LogP contribution in [0.25, 0.3) is 10.9 Å². The van der Waals surface area contributed by atoms with Gasteiger partial charge in [0, 0.05) is 36.9 Å². The van der Waals surface area contributed by atoms with E-state index >= 15 is 0 Å². The Balaban J connectivity index is 1.17. The average Bonchev–Trinajstić information content (AvgIpc) is 3.13. The van der Waals surface area contributed by atoms with Gasteiger partial charge in [-0.2, -0.15) is 0 Å². The largest absolute Gasteiger partial charge is 0.324 e. The number of benzene rings is 2. The Kier molecular flexibility index (Phi) is 7.10. The zero-order valence-electron chi connectivity index (χ0n) is 20.3. The number of hydrogen-bond donors (Lipinski definition) is 1. The highest BCUT2D eigenvalue weighted by Gasteiger charge is 2.24. The van der Waals surface area contributed by atoms with Gasteiger partial charge in [0.05, 0.1) is 5.52 Å². The number of carbonyl (C=O) groups is 1. The van der Waals surface area contributed by atoms with Crippen LogP contribution in [-0.2, 0) is 6.54 Å². The fourth-order valence-electron chi connectivity index (χ4n) is 5.34. The number of nitrogens with one attached hydrogen (secondary N) is 1. The van der Waals surface area contributed by atoms with Crippen molar-refractivity contribution in [1.29, 1.82) is 0 Å². The van der Waals surface area contributed by atoms with E-state index < -0.39 is 0 Å². The summed E-state index contributed by atoms with van der Waals surface area (Å²) < 4.78 is 0. The van der Waals surface area contributed by atoms with Gasteiger partial charge in [0.1, 0.15) is 0 Å². The fourth-order valence-corrected chi connectivity index (χ4v) is 5.34. The Morgan fingerprint density at radius 2 is 1.68 bits per heavy atom. The van der Waals surface area contributed by atoms with Gasteiger partial charge in [0.15, 0.2) is 0 Å². The Hall–Kier alpha value is -2.92. The summed E-state index contributed by atoms with van der Waals surface area (Å²) in [5.41, 5.74) is 5.68. The predicted molar refractivity (Wildman–Crippen MR) is 139 cm³/mol. The van der Waals surface area contributed by atoms with Crippen molar-refractivity contribution in [2.75, 3.05) is 31.5 Å². The van der Waals surface area contributed by atoms with Gasteiger partial charge in [-0.25, -0.2) is 4.79 Å². The molecule has 178 valence electrons. The van der Waals surface area contributed by atoms with Crippen LogP contribution in [0.1, 0.15) is 61.1 Å². The van der Waals surface area contributed by atoms with Crippen molar-refractivity contribution in [1.82, 2.24) is 14.8 Å². The number of anilines is 1. The molecule has 1 aromatic heterocycles. The van der Waals surface area contributed by atoms with E-state index in [-0.39, 0.29) is 6.03 Å². The van der Waals surface area contributed by atoms with Gasteiger partial charge < -0.3 is 10.2 Å². The molecule has 2 amide bonds. The molecular weight excluding hydrogens is 420 g/mol. The van der Waals surface area contributed by atoms with Crippen LogP contribution >= 0.6 is 0 Å². The molecule has 0 saturated carbocycles. The number of aryl methyl sites for hydroxylation is 1. The lowest BCUT2D eigenvalue weighted by Crippen LogP contribution is -2.40. The number of likely N-dealkylation sites (tertiary alicyclic amines) is 2. The first kappa shape index (κ1) is 22.9. The molecule has 0 spiro atoms. The van der Waals surface area contributed by atoms with Crippen molar-refractivity contribution >= 4 is 22.6 Å². The first-order valence-corrected chi connectivity index (χ1v) is 12.9. The van der Waals surface area contributed by atoms with E-state index in [4.69, 9.17) is 4.98 Å². The number of carbonyl (C=O) groups excluding carboxylic acids is 1. The molecule has 5 heteroatoms. The van der Waals surface area contributed by atoms with E-state index in [0.717, 1.165) is 49.1 Å². The third kappa shape index (κ3) is 5.58. The highest BCUT2D eigenvalue weighted by atomic mass is 16.2. The van der Waals surface area contributed by atoms with Crippen LogP contribution in [0.3, 0.4) is 0 Å². The molecule has 0 radical (unpaired) electrons. The lowest BCUT2D eigenvalue weighted by atomic mass is 9.89. The summed E-state index contributed by atoms with van der Waals surface area (Å²) in [6.45, 7) is 7.04. The molecule has 34 heavy (non-hydrogen) atoms. The zero-order chi connectivity index (χ0) is 23.3. The smallest absolute Gasteiger partial charge is 0.321 e. The molecule has 2 saturated heterocycles. The Labute approximate surface area is 203 Å². The number of rotatable bonds is 4. The molecule has 3 aromatic rings. The number of nitrogens with zero attached hydrogens (tertiary/aromatic N) is 3. The Morgan fingerprint density at radius 1 is 0.941 bits per heavy atom. The summed E-state index contributed by atoms with van der Waals surface area (Å²) in [7, 11) is 0. The summed E-state index contributed by atoms with van der Waals surface area (Å²) in [6.07, 6.45) is 9.32. The molecule has 0 unspecified atom stereocenters. The van der Waals surface area contributed by atoms with Gasteiger partial charge >= 0.3 is 6.03 Å². The van der Waals surface area contributed by atoms with E-state index in [9.17, 15) is 4.79 Å². The summed E-state index contributed by atoms with van der Waals surface area (Å²) in [5.74, 6) is 0.540. The number of fused-ring (bicyclic) bond motifs is 1. The van der Waals surface area contributed by atoms with E-state index in [0.29, 0.717) is 5.92 Å². The monoisotopic (exact) mass is 456 g/mol. The van der Waals surface area contributed by atoms with Crippen molar-refractivity contribution in [3.8, 4) is 0 Å². The Bertz CT molecular complexity index is 1110. The van der Waals surface area contributed by atoms with Crippen LogP contribution in [0, 0.1) is 6.92 Å². The molecule has 1 N–H and O–H groups in total. The SMILES string of the molecule is Cc1ccc(C2CCN(C(=O)Nc3ccc4cc(CN5CCCCCC5)cnc4c3)CC2)cc1. The summed E-state index contributed by atoms with van der Waals surface area (Å²) in [5, 5.41) is 4.22. The van der Waals surface area contributed by atoms with Crippen molar-refractivity contribution in [2.24, 2.45) is 0 Å². The van der Waals surface area contributed by atoms with E-state index in [1.165, 1.54) is 55.5 Å². The van der Waals surface area contributed by atoms with Gasteiger partial charge in [-0.1, -0.05) is 48.7 Å². The molecule has 0 aliphatic carbocycles. The normalized spacial score (nSPS) is 18.1. The number of amides is 2. The Morgan fingerprint density at radius 3 is 2.41 bits per heavy atom. The van der Waals surface area contributed by atoms with Crippen molar-refractivity contribution < 1.29 is 4.79 Å². The quantitative estimate of drug-likeness (QED) is 0.499. The van der Waals surface area contributed by atoms with Gasteiger partial charge in [0.25, 0.3) is 0 Å². The highest BCUT2D eigenvalue weighted by Crippen LogP contribution is 2.29. The number of urea groups is 1. The minimum atomic E-state index is -0.0144. The molecular formula is C29H36N4O. The molecule has 5 rings (SSSR count). The van der Waals surface area contributed by atoms with E-state index in [1.54, 1.807) is 0 Å². The van der Waals surface area contributed by atoms with Crippen LogP contribution in [-0.4, -0.2) is 47.0 Å². The van der Waals surface area contributed by atoms with Crippen LogP contribution in [0.4, 0.5) is 10.5 Å². The van der Waals surface area contributed by atoms with Crippen molar-refractivity contribution in [2.45, 2.75) is 57.9 Å². The standard InChI is InChI=1S/C29H36N4O/c1-22-6-8-24(9-7-22)25-12-16-33(17-13-25)29(34)31-27-11-10-26-18-23(20-30-28(26)19-27)21-32-14-4-2-3-5-15-32/h6-11,18-20,25H,2-5,12-17,21H2,1H3,(H,31,34). The molecule has 0 atom stereocenters. The summed E-state index contributed by atoms with van der Waals surface area (Å²) in [4.78, 5) is 22.1. The number of aromatic nitrogens is 1. The van der Waals surface area contributed by atoms with Gasteiger partial charge in [-0.3, -0.25) is 9.88 Å². The second kappa shape index (κ2) is 10.6. The van der Waals surface area contributed by atoms with E-state index in [1.807, 2.05) is 23.2 Å². The van der Waals surface area contributed by atoms with Gasteiger partial charge in [-0.05, 0) is 80.9 Å². The number of hydrogen-bond acceptors (Lipinski definition) is 3. The molecule has 3 heterocycles. The molecule has 2 aliphatic rings. The van der Waals surface area contributed by atoms with E-state index in [2.05, 4.69) is 53.5 Å². The van der Waals surface area contributed by atoms with Crippen LogP contribution < -0.4 is 5.32 Å². The molecule has 2 fully saturated rings. The fraction of sp³-hybridized carbons (Fsp3) is 0.448. The minimum absolute atomic E-state index is 0.0144. The second-order valence-corrected chi connectivity index (χ2v) is 10.0. The lowest BCUT2D eigenvalue weighted by molar-refractivity contribution is 0.194. The number of pyridine rings is 1. The van der Waals surface area contributed by atoms with Crippen LogP contribution in [0.5, 0.6) is 0 Å². The molecule has 0 bridgehead atoms. The average molecular weight is 457 g/mol. The highest BCUT2D eigenvalue weighted by molar-refractivity contribution is 5.92. The summed E-state index contributed by atoms with van der Waals surface area (Å²) in [6, 6.07) is 17.1. The van der Waals surface area contributed by atoms with Crippen molar-refractivity contribution in [3.63, 3.8) is 0 Å². The minimum Gasteiger partial charge on any atom is -0.324 e. The molecule has 2 aromatic carbocycles. The number of piperidine rings is 1. The summed E-state index contributed by atoms with van der Waals surface area (Å²) >= 11 is 0. The third-order valence-corrected chi connectivity index (χ3v) is 7.43. The third-order valence-electron chi connectivity index (χ3n) is 7.43. The maximum atomic E-state index is 12.9. The van der Waals surface area contributed by atoms with Gasteiger partial charge in [0.2, 0.25) is 0 Å². The zero-order valence-corrected chi connectivity index (χ0v) is 20.3. The van der Waals surface area contributed by atoms with Crippen LogP contribution in [0.2, 0.25) is 0 Å². The van der Waals surface area contributed by atoms with Crippen molar-refractivity contribution in [3.05, 3.63) is 71.4 Å².